The Labute approximate surface area is 180 Å². The summed E-state index contributed by atoms with van der Waals surface area (Å²) < 4.78 is 40.5. The Bertz CT molecular complexity index is 1310. The number of alkyl halides is 3. The number of rotatable bonds is 4. The first-order chi connectivity index (χ1) is 14.6. The van der Waals surface area contributed by atoms with Crippen LogP contribution in [0, 0.1) is 20.8 Å². The number of aryl methyl sites for hydroxylation is 3. The molecule has 0 unspecified atom stereocenters. The zero-order valence-corrected chi connectivity index (χ0v) is 17.9. The summed E-state index contributed by atoms with van der Waals surface area (Å²) in [5, 5.41) is 12.6. The fourth-order valence-electron chi connectivity index (χ4n) is 3.63. The maximum atomic E-state index is 12.9. The molecule has 0 spiro atoms. The number of thioether (sulfide) groups is 1. The van der Waals surface area contributed by atoms with Crippen molar-refractivity contribution in [2.45, 2.75) is 32.1 Å². The highest BCUT2D eigenvalue weighted by molar-refractivity contribution is 7.99. The number of amides is 1. The van der Waals surface area contributed by atoms with Crippen molar-refractivity contribution >= 4 is 39.9 Å². The zero-order chi connectivity index (χ0) is 22.3. The van der Waals surface area contributed by atoms with Gasteiger partial charge in [0.1, 0.15) is 0 Å². The second kappa shape index (κ2) is 7.88. The van der Waals surface area contributed by atoms with Crippen molar-refractivity contribution in [1.82, 2.24) is 14.6 Å². The van der Waals surface area contributed by atoms with E-state index in [9.17, 15) is 18.0 Å². The minimum Gasteiger partial charge on any atom is -0.325 e. The summed E-state index contributed by atoms with van der Waals surface area (Å²) >= 11 is 1.19. The predicted octanol–water partition coefficient (Wildman–Crippen LogP) is 5.56. The molecule has 4 aromatic rings. The fraction of sp³-hybridized carbons (Fsp3) is 0.227. The number of benzene rings is 2. The van der Waals surface area contributed by atoms with E-state index in [4.69, 9.17) is 0 Å². The Balaban J connectivity index is 1.59. The van der Waals surface area contributed by atoms with Gasteiger partial charge in [0, 0.05) is 5.69 Å². The summed E-state index contributed by atoms with van der Waals surface area (Å²) in [6, 6.07) is 10.8. The van der Waals surface area contributed by atoms with Crippen LogP contribution in [0.25, 0.3) is 16.6 Å². The van der Waals surface area contributed by atoms with Crippen molar-refractivity contribution in [3.8, 4) is 0 Å². The number of carbonyl (C=O) groups excluding carboxylic acids is 1. The molecular weight excluding hydrogens is 425 g/mol. The molecule has 9 heteroatoms. The zero-order valence-electron chi connectivity index (χ0n) is 17.0. The lowest BCUT2D eigenvalue weighted by Crippen LogP contribution is -2.15. The molecule has 4 rings (SSSR count). The molecule has 2 aromatic heterocycles. The lowest BCUT2D eigenvalue weighted by Gasteiger charge is -2.11. The van der Waals surface area contributed by atoms with Crippen LogP contribution in [-0.4, -0.2) is 26.3 Å². The molecule has 1 N–H and O–H groups in total. The molecule has 5 nitrogen and oxygen atoms in total. The Morgan fingerprint density at radius 1 is 1.06 bits per heavy atom. The Kier molecular flexibility index (Phi) is 5.38. The standard InChI is InChI=1S/C22H19F3N4OS/c1-12-7-13(2)19-15(8-12)9-14(3)20-27-28-21(29(19)20)31-11-18(30)26-17-6-4-5-16(10-17)22(23,24)25/h4-10H,11H2,1-3H3,(H,26,30). The van der Waals surface area contributed by atoms with E-state index in [1.165, 1.54) is 23.9 Å². The van der Waals surface area contributed by atoms with Crippen LogP contribution in [0.5, 0.6) is 0 Å². The average Bonchev–Trinajstić information content (AvgIpc) is 3.10. The average molecular weight is 444 g/mol. The molecule has 0 saturated heterocycles. The number of nitrogens with zero attached hydrogens (tertiary/aromatic N) is 3. The van der Waals surface area contributed by atoms with E-state index in [0.717, 1.165) is 39.7 Å². The van der Waals surface area contributed by atoms with E-state index in [2.05, 4.69) is 33.7 Å². The molecular formula is C22H19F3N4OS. The smallest absolute Gasteiger partial charge is 0.325 e. The summed E-state index contributed by atoms with van der Waals surface area (Å²) in [6.45, 7) is 6.00. The molecule has 0 aliphatic carbocycles. The molecule has 0 aliphatic heterocycles. The number of pyridine rings is 1. The molecule has 31 heavy (non-hydrogen) atoms. The number of nitrogens with one attached hydrogen (secondary N) is 1. The molecule has 2 heterocycles. The largest absolute Gasteiger partial charge is 0.416 e. The highest BCUT2D eigenvalue weighted by atomic mass is 32.2. The minimum absolute atomic E-state index is 0.0165. The number of hydrogen-bond donors (Lipinski definition) is 1. The maximum Gasteiger partial charge on any atom is 0.416 e. The first kappa shape index (κ1) is 21.2. The third kappa shape index (κ3) is 4.23. The van der Waals surface area contributed by atoms with Crippen LogP contribution in [0.3, 0.4) is 0 Å². The van der Waals surface area contributed by atoms with E-state index in [1.807, 2.05) is 25.2 Å². The van der Waals surface area contributed by atoms with Gasteiger partial charge in [-0.2, -0.15) is 13.2 Å². The van der Waals surface area contributed by atoms with E-state index in [0.29, 0.717) is 10.8 Å². The van der Waals surface area contributed by atoms with Crippen molar-refractivity contribution in [1.29, 1.82) is 0 Å². The molecule has 160 valence electrons. The van der Waals surface area contributed by atoms with Gasteiger partial charge in [0.05, 0.1) is 16.8 Å². The van der Waals surface area contributed by atoms with Crippen LogP contribution in [0.1, 0.15) is 22.3 Å². The molecule has 0 saturated carbocycles. The van der Waals surface area contributed by atoms with Crippen molar-refractivity contribution in [3.63, 3.8) is 0 Å². The fourth-order valence-corrected chi connectivity index (χ4v) is 4.36. The first-order valence-electron chi connectivity index (χ1n) is 9.49. The molecule has 0 fully saturated rings. The number of halogens is 3. The molecule has 0 radical (unpaired) electrons. The van der Waals surface area contributed by atoms with Gasteiger partial charge in [-0.15, -0.1) is 10.2 Å². The van der Waals surface area contributed by atoms with Crippen LogP contribution in [-0.2, 0) is 11.0 Å². The van der Waals surface area contributed by atoms with Crippen LogP contribution in [0.4, 0.5) is 18.9 Å². The summed E-state index contributed by atoms with van der Waals surface area (Å²) in [5.41, 5.74) is 4.14. The molecule has 1 amide bonds. The molecule has 0 atom stereocenters. The van der Waals surface area contributed by atoms with Gasteiger partial charge in [0.15, 0.2) is 10.8 Å². The van der Waals surface area contributed by atoms with Crippen molar-refractivity contribution in [2.24, 2.45) is 0 Å². The SMILES string of the molecule is Cc1cc(C)c2c(c1)cc(C)c1nnc(SCC(=O)Nc3cccc(C(F)(F)F)c3)n12. The van der Waals surface area contributed by atoms with Crippen LogP contribution in [0.2, 0.25) is 0 Å². The maximum absolute atomic E-state index is 12.9. The van der Waals surface area contributed by atoms with Crippen molar-refractivity contribution in [3.05, 3.63) is 64.7 Å². The van der Waals surface area contributed by atoms with Gasteiger partial charge in [-0.1, -0.05) is 29.5 Å². The number of anilines is 1. The van der Waals surface area contributed by atoms with E-state index in [1.54, 1.807) is 0 Å². The summed E-state index contributed by atoms with van der Waals surface area (Å²) in [4.78, 5) is 12.4. The quantitative estimate of drug-likeness (QED) is 0.419. The third-order valence-electron chi connectivity index (χ3n) is 4.86. The van der Waals surface area contributed by atoms with Crippen molar-refractivity contribution < 1.29 is 18.0 Å². The van der Waals surface area contributed by atoms with Crippen LogP contribution >= 0.6 is 11.8 Å². The third-order valence-corrected chi connectivity index (χ3v) is 5.79. The lowest BCUT2D eigenvalue weighted by molar-refractivity contribution is -0.137. The Morgan fingerprint density at radius 3 is 2.58 bits per heavy atom. The number of aromatic nitrogens is 3. The monoisotopic (exact) mass is 444 g/mol. The summed E-state index contributed by atoms with van der Waals surface area (Å²) in [7, 11) is 0. The van der Waals surface area contributed by atoms with Gasteiger partial charge in [-0.05, 0) is 67.6 Å². The first-order valence-corrected chi connectivity index (χ1v) is 10.5. The predicted molar refractivity (Wildman–Crippen MR) is 116 cm³/mol. The van der Waals surface area contributed by atoms with Crippen LogP contribution < -0.4 is 5.32 Å². The Hall–Kier alpha value is -3.07. The van der Waals surface area contributed by atoms with Gasteiger partial charge in [0.25, 0.3) is 0 Å². The van der Waals surface area contributed by atoms with Crippen LogP contribution in [0.15, 0.2) is 47.6 Å². The molecule has 0 bridgehead atoms. The number of carbonyl (C=O) groups is 1. The number of hydrogen-bond acceptors (Lipinski definition) is 4. The highest BCUT2D eigenvalue weighted by Gasteiger charge is 2.30. The van der Waals surface area contributed by atoms with Crippen molar-refractivity contribution in [2.75, 3.05) is 11.1 Å². The molecule has 2 aromatic carbocycles. The van der Waals surface area contributed by atoms with E-state index in [-0.39, 0.29) is 11.4 Å². The van der Waals surface area contributed by atoms with E-state index < -0.39 is 17.6 Å². The normalized spacial score (nSPS) is 11.9. The van der Waals surface area contributed by atoms with Gasteiger partial charge in [0.2, 0.25) is 5.91 Å². The summed E-state index contributed by atoms with van der Waals surface area (Å²) in [5.74, 6) is -0.442. The minimum atomic E-state index is -4.47. The second-order valence-corrected chi connectivity index (χ2v) is 8.35. The second-order valence-electron chi connectivity index (χ2n) is 7.40. The highest BCUT2D eigenvalue weighted by Crippen LogP contribution is 2.31. The van der Waals surface area contributed by atoms with E-state index >= 15 is 0 Å². The lowest BCUT2D eigenvalue weighted by atomic mass is 10.1. The molecule has 0 aliphatic rings. The summed E-state index contributed by atoms with van der Waals surface area (Å²) in [6.07, 6.45) is -4.47. The van der Waals surface area contributed by atoms with Gasteiger partial charge < -0.3 is 5.32 Å². The number of fused-ring (bicyclic) bond motifs is 3. The topological polar surface area (TPSA) is 59.3 Å². The Morgan fingerprint density at radius 2 is 1.84 bits per heavy atom. The van der Waals surface area contributed by atoms with Gasteiger partial charge in [-0.3, -0.25) is 9.20 Å². The van der Waals surface area contributed by atoms with Gasteiger partial charge >= 0.3 is 6.18 Å². The van der Waals surface area contributed by atoms with Gasteiger partial charge in [-0.25, -0.2) is 0 Å².